The zero-order valence-electron chi connectivity index (χ0n) is 13.7. The van der Waals surface area contributed by atoms with Gasteiger partial charge in [-0.25, -0.2) is 9.78 Å². The van der Waals surface area contributed by atoms with Crippen LogP contribution in [0.3, 0.4) is 0 Å². The number of nitrogens with zero attached hydrogens (tertiary/aromatic N) is 2. The molecule has 8 nitrogen and oxygen atoms in total. The highest BCUT2D eigenvalue weighted by atomic mass is 16.6. The topological polar surface area (TPSA) is 105 Å². The van der Waals surface area contributed by atoms with Gasteiger partial charge in [0.05, 0.1) is 17.6 Å². The smallest absolute Gasteiger partial charge is 0.337 e. The average Bonchev–Trinajstić information content (AvgIpc) is 3.15. The first-order valence-electron chi connectivity index (χ1n) is 7.58. The van der Waals surface area contributed by atoms with Gasteiger partial charge in [0.2, 0.25) is 5.89 Å². The molecule has 3 aromatic rings. The Morgan fingerprint density at radius 1 is 1.23 bits per heavy atom. The first-order chi connectivity index (χ1) is 12.6. The summed E-state index contributed by atoms with van der Waals surface area (Å²) in [6.07, 6.45) is 1.42. The van der Waals surface area contributed by atoms with E-state index >= 15 is 0 Å². The highest BCUT2D eigenvalue weighted by Crippen LogP contribution is 2.29. The lowest BCUT2D eigenvalue weighted by Gasteiger charge is -2.06. The molecule has 132 valence electrons. The van der Waals surface area contributed by atoms with Crippen LogP contribution in [0.15, 0.2) is 59.2 Å². The monoisotopic (exact) mass is 354 g/mol. The Kier molecular flexibility index (Phi) is 4.93. The number of hydrogen-bond donors (Lipinski definition) is 0. The average molecular weight is 354 g/mol. The van der Waals surface area contributed by atoms with Gasteiger partial charge in [0.1, 0.15) is 18.6 Å². The van der Waals surface area contributed by atoms with Crippen molar-refractivity contribution in [1.29, 1.82) is 0 Å². The Labute approximate surface area is 148 Å². The fourth-order valence-corrected chi connectivity index (χ4v) is 2.26. The molecule has 0 aliphatic heterocycles. The molecule has 8 heteroatoms. The summed E-state index contributed by atoms with van der Waals surface area (Å²) in [6, 6.07) is 13.1. The summed E-state index contributed by atoms with van der Waals surface area (Å²) in [5.41, 5.74) is 1.15. The second kappa shape index (κ2) is 7.47. The lowest BCUT2D eigenvalue weighted by Crippen LogP contribution is -2.04. The summed E-state index contributed by atoms with van der Waals surface area (Å²) in [5, 5.41) is 11.1. The number of nitro benzene ring substituents is 1. The largest absolute Gasteiger partial charge is 0.480 e. The summed E-state index contributed by atoms with van der Waals surface area (Å²) >= 11 is 0. The minimum Gasteiger partial charge on any atom is -0.480 e. The Hall–Kier alpha value is -3.68. The van der Waals surface area contributed by atoms with Crippen molar-refractivity contribution in [2.45, 2.75) is 6.61 Å². The van der Waals surface area contributed by atoms with E-state index in [-0.39, 0.29) is 23.6 Å². The number of carbonyl (C=O) groups is 1. The molecule has 0 saturated heterocycles. The third-order valence-electron chi connectivity index (χ3n) is 3.53. The van der Waals surface area contributed by atoms with E-state index in [2.05, 4.69) is 9.72 Å². The summed E-state index contributed by atoms with van der Waals surface area (Å²) in [4.78, 5) is 26.5. The fourth-order valence-electron chi connectivity index (χ4n) is 2.26. The molecule has 0 unspecified atom stereocenters. The molecule has 0 fully saturated rings. The van der Waals surface area contributed by atoms with Gasteiger partial charge in [-0.2, -0.15) is 0 Å². The predicted octanol–water partition coefficient (Wildman–Crippen LogP) is 3.62. The Balaban J connectivity index is 1.79. The molecule has 0 saturated carbocycles. The molecule has 0 radical (unpaired) electrons. The van der Waals surface area contributed by atoms with Crippen LogP contribution in [0.4, 0.5) is 5.69 Å². The first kappa shape index (κ1) is 17.2. The van der Waals surface area contributed by atoms with Crippen LogP contribution < -0.4 is 4.74 Å². The van der Waals surface area contributed by atoms with Crippen LogP contribution in [0.2, 0.25) is 0 Å². The van der Waals surface area contributed by atoms with Crippen molar-refractivity contribution in [3.05, 3.63) is 76.2 Å². The second-order valence-corrected chi connectivity index (χ2v) is 5.23. The van der Waals surface area contributed by atoms with Gasteiger partial charge < -0.3 is 13.9 Å². The zero-order chi connectivity index (χ0) is 18.5. The van der Waals surface area contributed by atoms with Crippen molar-refractivity contribution in [3.8, 4) is 17.2 Å². The number of methoxy groups -OCH3 is 1. The molecule has 0 aliphatic rings. The molecule has 1 aromatic heterocycles. The number of benzene rings is 2. The first-order valence-corrected chi connectivity index (χ1v) is 7.58. The maximum absolute atomic E-state index is 11.6. The quantitative estimate of drug-likeness (QED) is 0.378. The van der Waals surface area contributed by atoms with Crippen LogP contribution >= 0.6 is 0 Å². The van der Waals surface area contributed by atoms with Crippen molar-refractivity contribution in [2.24, 2.45) is 0 Å². The van der Waals surface area contributed by atoms with Crippen molar-refractivity contribution in [2.75, 3.05) is 7.11 Å². The molecule has 0 amide bonds. The van der Waals surface area contributed by atoms with Gasteiger partial charge in [-0.3, -0.25) is 10.1 Å². The van der Waals surface area contributed by atoms with Gasteiger partial charge >= 0.3 is 11.7 Å². The molecule has 0 spiro atoms. The van der Waals surface area contributed by atoms with Crippen LogP contribution in [0.1, 0.15) is 16.1 Å². The number of hydrogen-bond acceptors (Lipinski definition) is 7. The number of carbonyl (C=O) groups excluding carboxylic acids is 1. The number of rotatable bonds is 6. The van der Waals surface area contributed by atoms with Gasteiger partial charge in [0.15, 0.2) is 5.75 Å². The van der Waals surface area contributed by atoms with Crippen LogP contribution in [0, 0.1) is 10.1 Å². The lowest BCUT2D eigenvalue weighted by atomic mass is 10.2. The fraction of sp³-hybridized carbons (Fsp3) is 0.111. The lowest BCUT2D eigenvalue weighted by molar-refractivity contribution is -0.385. The molecule has 26 heavy (non-hydrogen) atoms. The second-order valence-electron chi connectivity index (χ2n) is 5.23. The van der Waals surface area contributed by atoms with Crippen LogP contribution in [-0.2, 0) is 11.3 Å². The van der Waals surface area contributed by atoms with E-state index in [0.29, 0.717) is 11.6 Å². The van der Waals surface area contributed by atoms with E-state index < -0.39 is 10.9 Å². The number of oxazole rings is 1. The van der Waals surface area contributed by atoms with Crippen LogP contribution in [-0.4, -0.2) is 23.0 Å². The Morgan fingerprint density at radius 3 is 2.69 bits per heavy atom. The van der Waals surface area contributed by atoms with E-state index in [4.69, 9.17) is 9.15 Å². The number of ether oxygens (including phenoxy) is 2. The van der Waals surface area contributed by atoms with E-state index in [9.17, 15) is 14.9 Å². The summed E-state index contributed by atoms with van der Waals surface area (Å²) in [5.74, 6) is -0.248. The number of aromatic nitrogens is 1. The summed E-state index contributed by atoms with van der Waals surface area (Å²) < 4.78 is 15.5. The normalized spacial score (nSPS) is 10.3. The molecule has 0 bridgehead atoms. The van der Waals surface area contributed by atoms with Gasteiger partial charge in [0.25, 0.3) is 0 Å². The van der Waals surface area contributed by atoms with E-state index in [1.54, 1.807) is 0 Å². The van der Waals surface area contributed by atoms with Crippen LogP contribution in [0.5, 0.6) is 5.75 Å². The highest BCUT2D eigenvalue weighted by Gasteiger charge is 2.19. The molecule has 0 N–H and O–H groups in total. The van der Waals surface area contributed by atoms with E-state index in [0.717, 1.165) is 5.56 Å². The molecule has 2 aromatic carbocycles. The van der Waals surface area contributed by atoms with Crippen molar-refractivity contribution >= 4 is 11.7 Å². The minimum atomic E-state index is -0.613. The van der Waals surface area contributed by atoms with Gasteiger partial charge in [-0.15, -0.1) is 0 Å². The minimum absolute atomic E-state index is 0.0536. The maximum atomic E-state index is 11.6. The van der Waals surface area contributed by atoms with Crippen LogP contribution in [0.25, 0.3) is 11.5 Å². The highest BCUT2D eigenvalue weighted by molar-refractivity contribution is 5.90. The molecular formula is C18H14N2O6. The number of nitro groups is 1. The van der Waals surface area contributed by atoms with Crippen molar-refractivity contribution in [3.63, 3.8) is 0 Å². The standard InChI is InChI=1S/C18H14N2O6/c1-24-18(21)13-7-8-15(20(22)23)16(9-13)25-10-14-11-26-17(19-14)12-5-3-2-4-6-12/h2-9,11H,10H2,1H3. The Bertz CT molecular complexity index is 936. The van der Waals surface area contributed by atoms with Gasteiger partial charge in [0, 0.05) is 17.7 Å². The van der Waals surface area contributed by atoms with Crippen molar-refractivity contribution in [1.82, 2.24) is 4.98 Å². The molecular weight excluding hydrogens is 340 g/mol. The third kappa shape index (κ3) is 3.69. The summed E-state index contributed by atoms with van der Waals surface area (Å²) in [6.45, 7) is -0.0538. The Morgan fingerprint density at radius 2 is 2.00 bits per heavy atom. The SMILES string of the molecule is COC(=O)c1ccc([N+](=O)[O-])c(OCc2coc(-c3ccccc3)n2)c1. The van der Waals surface area contributed by atoms with Gasteiger partial charge in [-0.1, -0.05) is 18.2 Å². The molecule has 3 rings (SSSR count). The van der Waals surface area contributed by atoms with E-state index in [1.807, 2.05) is 30.3 Å². The molecule has 1 heterocycles. The van der Waals surface area contributed by atoms with E-state index in [1.165, 1.54) is 31.6 Å². The predicted molar refractivity (Wildman–Crippen MR) is 90.7 cm³/mol. The molecule has 0 atom stereocenters. The third-order valence-corrected chi connectivity index (χ3v) is 3.53. The number of esters is 1. The zero-order valence-corrected chi connectivity index (χ0v) is 13.7. The maximum Gasteiger partial charge on any atom is 0.337 e. The molecule has 0 aliphatic carbocycles. The van der Waals surface area contributed by atoms with Crippen molar-refractivity contribution < 1.29 is 23.6 Å². The van der Waals surface area contributed by atoms with Gasteiger partial charge in [-0.05, 0) is 18.2 Å². The summed E-state index contributed by atoms with van der Waals surface area (Å²) in [7, 11) is 1.23.